The molecule has 0 saturated carbocycles. The maximum atomic E-state index is 12.1. The van der Waals surface area contributed by atoms with Crippen molar-refractivity contribution in [2.24, 2.45) is 0 Å². The Balaban J connectivity index is 1.91. The van der Waals surface area contributed by atoms with Crippen molar-refractivity contribution in [1.82, 2.24) is 4.98 Å². The molecule has 0 atom stereocenters. The molecule has 0 aliphatic heterocycles. The van der Waals surface area contributed by atoms with Crippen LogP contribution in [0.25, 0.3) is 10.9 Å². The minimum absolute atomic E-state index is 0.00360. The molecule has 3 rings (SSSR count). The molecule has 5 nitrogen and oxygen atoms in total. The average Bonchev–Trinajstić information content (AvgIpc) is 2.92. The van der Waals surface area contributed by atoms with E-state index in [1.165, 1.54) is 18.3 Å². The third-order valence-electron chi connectivity index (χ3n) is 3.14. The standard InChI is InChI=1S/C14H12BNO4S/c17-15(13-10-16-14-9-5-4-8-12(13)14)20-21(18,19)11-6-2-1-3-7-11/h1-10,16-17H. The van der Waals surface area contributed by atoms with Crippen LogP contribution >= 0.6 is 0 Å². The van der Waals surface area contributed by atoms with Gasteiger partial charge in [0.15, 0.2) is 0 Å². The monoisotopic (exact) mass is 301 g/mol. The number of nitrogens with one attached hydrogen (secondary N) is 1. The Morgan fingerprint density at radius 3 is 2.43 bits per heavy atom. The van der Waals surface area contributed by atoms with Gasteiger partial charge in [0.2, 0.25) is 0 Å². The number of hydrogen-bond donors (Lipinski definition) is 2. The van der Waals surface area contributed by atoms with Gasteiger partial charge in [0.25, 0.3) is 10.1 Å². The zero-order valence-corrected chi connectivity index (χ0v) is 11.7. The molecule has 0 fully saturated rings. The molecule has 0 amide bonds. The van der Waals surface area contributed by atoms with Gasteiger partial charge in [-0.25, -0.2) is 0 Å². The number of para-hydroxylation sites is 1. The van der Waals surface area contributed by atoms with Gasteiger partial charge in [-0.2, -0.15) is 8.42 Å². The van der Waals surface area contributed by atoms with Gasteiger partial charge in [-0.3, -0.25) is 4.10 Å². The summed E-state index contributed by atoms with van der Waals surface area (Å²) in [5, 5.41) is 10.8. The Bertz CT molecular complexity index is 861. The van der Waals surface area contributed by atoms with Crippen molar-refractivity contribution >= 4 is 33.6 Å². The van der Waals surface area contributed by atoms with E-state index in [2.05, 4.69) is 4.98 Å². The molecule has 7 heteroatoms. The lowest BCUT2D eigenvalue weighted by Crippen LogP contribution is -2.35. The second kappa shape index (κ2) is 5.36. The number of H-pyrrole nitrogens is 1. The molecule has 0 spiro atoms. The second-order valence-electron chi connectivity index (χ2n) is 4.51. The quantitative estimate of drug-likeness (QED) is 0.711. The summed E-state index contributed by atoms with van der Waals surface area (Å²) in [4.78, 5) is 2.96. The Hall–Kier alpha value is -2.09. The highest BCUT2D eigenvalue weighted by atomic mass is 32.2. The van der Waals surface area contributed by atoms with Crippen molar-refractivity contribution < 1.29 is 17.5 Å². The van der Waals surface area contributed by atoms with E-state index in [0.29, 0.717) is 10.8 Å². The van der Waals surface area contributed by atoms with E-state index in [4.69, 9.17) is 4.10 Å². The zero-order chi connectivity index (χ0) is 14.9. The lowest BCUT2D eigenvalue weighted by atomic mass is 9.80. The molecule has 0 aliphatic rings. The Morgan fingerprint density at radius 2 is 1.67 bits per heavy atom. The first-order chi connectivity index (χ1) is 10.1. The average molecular weight is 301 g/mol. The van der Waals surface area contributed by atoms with Crippen LogP contribution in [-0.4, -0.2) is 25.5 Å². The van der Waals surface area contributed by atoms with Gasteiger partial charge in [0.05, 0.1) is 4.90 Å². The van der Waals surface area contributed by atoms with Gasteiger partial charge in [-0.05, 0) is 23.6 Å². The van der Waals surface area contributed by atoms with Crippen molar-refractivity contribution in [2.45, 2.75) is 4.90 Å². The predicted octanol–water partition coefficient (Wildman–Crippen LogP) is 1.26. The van der Waals surface area contributed by atoms with Crippen LogP contribution in [0.15, 0.2) is 65.7 Å². The van der Waals surface area contributed by atoms with E-state index in [0.717, 1.165) is 5.52 Å². The van der Waals surface area contributed by atoms with Crippen molar-refractivity contribution in [3.05, 3.63) is 60.8 Å². The molecular formula is C14H12BNO4S. The number of benzene rings is 2. The van der Waals surface area contributed by atoms with Crippen LogP contribution in [0, 0.1) is 0 Å². The van der Waals surface area contributed by atoms with Gasteiger partial charge in [0.1, 0.15) is 0 Å². The first-order valence-corrected chi connectivity index (χ1v) is 7.71. The molecule has 0 saturated heterocycles. The van der Waals surface area contributed by atoms with E-state index in [-0.39, 0.29) is 4.90 Å². The van der Waals surface area contributed by atoms with Gasteiger partial charge >= 0.3 is 7.12 Å². The first kappa shape index (κ1) is 13.9. The molecule has 0 radical (unpaired) electrons. The van der Waals surface area contributed by atoms with Gasteiger partial charge in [-0.15, -0.1) is 0 Å². The molecule has 1 aromatic heterocycles. The molecule has 0 unspecified atom stereocenters. The smallest absolute Gasteiger partial charge is 0.422 e. The van der Waals surface area contributed by atoms with Crippen molar-refractivity contribution in [3.8, 4) is 0 Å². The van der Waals surface area contributed by atoms with Crippen molar-refractivity contribution in [2.75, 3.05) is 0 Å². The minimum Gasteiger partial charge on any atom is -0.422 e. The number of fused-ring (bicyclic) bond motifs is 1. The highest BCUT2D eigenvalue weighted by Gasteiger charge is 2.28. The van der Waals surface area contributed by atoms with E-state index in [1.807, 2.05) is 12.1 Å². The number of aromatic amines is 1. The SMILES string of the molecule is O=S(=O)(OB(O)c1c[nH]c2ccccc12)c1ccccc1. The summed E-state index contributed by atoms with van der Waals surface area (Å²) in [7, 11) is -5.58. The van der Waals surface area contributed by atoms with E-state index in [9.17, 15) is 13.4 Å². The highest BCUT2D eigenvalue weighted by Crippen LogP contribution is 2.14. The molecule has 1 heterocycles. The van der Waals surface area contributed by atoms with Gasteiger partial charge in [0, 0.05) is 17.2 Å². The fourth-order valence-electron chi connectivity index (χ4n) is 2.11. The third-order valence-corrected chi connectivity index (χ3v) is 4.42. The first-order valence-electron chi connectivity index (χ1n) is 6.30. The van der Waals surface area contributed by atoms with E-state index in [1.54, 1.807) is 30.3 Å². The Labute approximate surface area is 122 Å². The largest absolute Gasteiger partial charge is 0.509 e. The Morgan fingerprint density at radius 1 is 1.00 bits per heavy atom. The summed E-state index contributed by atoms with van der Waals surface area (Å²) in [5.41, 5.74) is 1.18. The topological polar surface area (TPSA) is 79.4 Å². The maximum absolute atomic E-state index is 12.1. The molecule has 106 valence electrons. The molecule has 21 heavy (non-hydrogen) atoms. The summed E-state index contributed by atoms with van der Waals surface area (Å²) >= 11 is 0. The van der Waals surface area contributed by atoms with E-state index >= 15 is 0 Å². The number of aromatic nitrogens is 1. The lowest BCUT2D eigenvalue weighted by Gasteiger charge is -2.08. The minimum atomic E-state index is -4.02. The van der Waals surface area contributed by atoms with Crippen LogP contribution in [0.2, 0.25) is 0 Å². The zero-order valence-electron chi connectivity index (χ0n) is 10.9. The maximum Gasteiger partial charge on any atom is 0.509 e. The fourth-order valence-corrected chi connectivity index (χ4v) is 3.06. The number of rotatable bonds is 4. The van der Waals surface area contributed by atoms with Crippen LogP contribution in [0.3, 0.4) is 0 Å². The summed E-state index contributed by atoms with van der Waals surface area (Å²) in [6.45, 7) is 0. The van der Waals surface area contributed by atoms with Crippen LogP contribution in [0.1, 0.15) is 0 Å². The molecule has 0 bridgehead atoms. The van der Waals surface area contributed by atoms with Gasteiger partial charge < -0.3 is 10.0 Å². The molecule has 0 aliphatic carbocycles. The third kappa shape index (κ3) is 2.71. The fraction of sp³-hybridized carbons (Fsp3) is 0. The van der Waals surface area contributed by atoms with Crippen molar-refractivity contribution in [1.29, 1.82) is 0 Å². The lowest BCUT2D eigenvalue weighted by molar-refractivity contribution is 0.420. The van der Waals surface area contributed by atoms with Gasteiger partial charge in [-0.1, -0.05) is 36.4 Å². The summed E-state index contributed by atoms with van der Waals surface area (Å²) < 4.78 is 29.0. The second-order valence-corrected chi connectivity index (χ2v) is 6.08. The van der Waals surface area contributed by atoms with Crippen LogP contribution < -0.4 is 5.46 Å². The summed E-state index contributed by atoms with van der Waals surface area (Å²) in [6, 6.07) is 15.0. The Kier molecular flexibility index (Phi) is 3.54. The van der Waals surface area contributed by atoms with Crippen LogP contribution in [0.4, 0.5) is 0 Å². The van der Waals surface area contributed by atoms with Crippen LogP contribution in [0.5, 0.6) is 0 Å². The molecule has 2 N–H and O–H groups in total. The normalized spacial score (nSPS) is 11.7. The highest BCUT2D eigenvalue weighted by molar-refractivity contribution is 7.87. The summed E-state index contributed by atoms with van der Waals surface area (Å²) in [6.07, 6.45) is 1.54. The molecule has 3 aromatic rings. The van der Waals surface area contributed by atoms with Crippen molar-refractivity contribution in [3.63, 3.8) is 0 Å². The molecular weight excluding hydrogens is 289 g/mol. The van der Waals surface area contributed by atoms with E-state index < -0.39 is 17.2 Å². The van der Waals surface area contributed by atoms with Crippen LogP contribution in [-0.2, 0) is 14.2 Å². The molecule has 2 aromatic carbocycles. The summed E-state index contributed by atoms with van der Waals surface area (Å²) in [5.74, 6) is 0. The number of hydrogen-bond acceptors (Lipinski definition) is 4. The predicted molar refractivity (Wildman–Crippen MR) is 80.6 cm³/mol.